The molecule has 0 aliphatic heterocycles. The lowest BCUT2D eigenvalue weighted by Gasteiger charge is -2.03. The molecule has 2 aromatic heterocycles. The van der Waals surface area contributed by atoms with E-state index in [2.05, 4.69) is 10.5 Å². The molecule has 0 fully saturated rings. The van der Waals surface area contributed by atoms with Crippen LogP contribution in [0.4, 0.5) is 0 Å². The Labute approximate surface area is 104 Å². The third-order valence-corrected chi connectivity index (χ3v) is 3.66. The van der Waals surface area contributed by atoms with E-state index < -0.39 is 0 Å². The number of aromatic nitrogens is 1. The van der Waals surface area contributed by atoms with Crippen LogP contribution in [0.5, 0.6) is 0 Å². The Balaban J connectivity index is 2.06. The van der Waals surface area contributed by atoms with E-state index in [0.29, 0.717) is 23.6 Å². The Morgan fingerprint density at radius 2 is 2.24 bits per heavy atom. The monoisotopic (exact) mass is 250 g/mol. The number of aryl methyl sites for hydroxylation is 3. The van der Waals surface area contributed by atoms with Gasteiger partial charge in [0.05, 0.1) is 12.2 Å². The highest BCUT2D eigenvalue weighted by Crippen LogP contribution is 2.16. The van der Waals surface area contributed by atoms with Crippen LogP contribution in [0.15, 0.2) is 16.0 Å². The normalized spacial score (nSPS) is 10.5. The van der Waals surface area contributed by atoms with E-state index in [-0.39, 0.29) is 5.91 Å². The average Bonchev–Trinajstić information content (AvgIpc) is 2.83. The van der Waals surface area contributed by atoms with Crippen molar-refractivity contribution >= 4 is 17.2 Å². The summed E-state index contributed by atoms with van der Waals surface area (Å²) in [4.78, 5) is 13.1. The SMILES string of the molecule is Cc1ccsc1CNC(=O)c1c(C)noc1C. The summed E-state index contributed by atoms with van der Waals surface area (Å²) >= 11 is 1.64. The summed E-state index contributed by atoms with van der Waals surface area (Å²) in [6, 6.07) is 2.04. The smallest absolute Gasteiger partial charge is 0.257 e. The van der Waals surface area contributed by atoms with Gasteiger partial charge >= 0.3 is 0 Å². The van der Waals surface area contributed by atoms with Gasteiger partial charge in [0.1, 0.15) is 11.3 Å². The lowest BCUT2D eigenvalue weighted by atomic mass is 10.2. The first-order valence-electron chi connectivity index (χ1n) is 5.33. The molecule has 0 spiro atoms. The van der Waals surface area contributed by atoms with Gasteiger partial charge in [-0.1, -0.05) is 5.16 Å². The molecular weight excluding hydrogens is 236 g/mol. The van der Waals surface area contributed by atoms with E-state index >= 15 is 0 Å². The van der Waals surface area contributed by atoms with E-state index in [1.807, 2.05) is 18.4 Å². The van der Waals surface area contributed by atoms with Gasteiger partial charge in [-0.3, -0.25) is 4.79 Å². The first-order chi connectivity index (χ1) is 8.09. The molecular formula is C12H14N2O2S. The Morgan fingerprint density at radius 3 is 2.76 bits per heavy atom. The molecule has 0 saturated carbocycles. The Kier molecular flexibility index (Phi) is 3.28. The van der Waals surface area contributed by atoms with Gasteiger partial charge in [-0.05, 0) is 37.8 Å². The first-order valence-corrected chi connectivity index (χ1v) is 6.21. The van der Waals surface area contributed by atoms with E-state index in [1.54, 1.807) is 25.2 Å². The molecule has 0 aliphatic carbocycles. The molecule has 2 rings (SSSR count). The molecule has 1 amide bonds. The summed E-state index contributed by atoms with van der Waals surface area (Å²) in [6.45, 7) is 6.09. The molecule has 2 aromatic rings. The van der Waals surface area contributed by atoms with Crippen molar-refractivity contribution < 1.29 is 9.32 Å². The maximum absolute atomic E-state index is 11.9. The van der Waals surface area contributed by atoms with E-state index in [0.717, 1.165) is 0 Å². The van der Waals surface area contributed by atoms with Crippen molar-refractivity contribution in [2.45, 2.75) is 27.3 Å². The summed E-state index contributed by atoms with van der Waals surface area (Å²) in [5.74, 6) is 0.428. The fourth-order valence-electron chi connectivity index (χ4n) is 1.64. The lowest BCUT2D eigenvalue weighted by Crippen LogP contribution is -2.23. The Morgan fingerprint density at radius 1 is 1.47 bits per heavy atom. The summed E-state index contributed by atoms with van der Waals surface area (Å²) in [6.07, 6.45) is 0. The second-order valence-electron chi connectivity index (χ2n) is 3.91. The number of nitrogens with zero attached hydrogens (tertiary/aromatic N) is 1. The molecule has 2 heterocycles. The number of hydrogen-bond acceptors (Lipinski definition) is 4. The molecule has 4 nitrogen and oxygen atoms in total. The molecule has 90 valence electrons. The van der Waals surface area contributed by atoms with E-state index in [9.17, 15) is 4.79 Å². The summed E-state index contributed by atoms with van der Waals surface area (Å²) in [5.41, 5.74) is 2.37. The topological polar surface area (TPSA) is 55.1 Å². The maximum Gasteiger partial charge on any atom is 0.257 e. The van der Waals surface area contributed by atoms with Crippen molar-refractivity contribution in [1.82, 2.24) is 10.5 Å². The molecule has 17 heavy (non-hydrogen) atoms. The van der Waals surface area contributed by atoms with Crippen LogP contribution in [0.3, 0.4) is 0 Å². The third-order valence-electron chi connectivity index (χ3n) is 2.64. The third kappa shape index (κ3) is 2.39. The van der Waals surface area contributed by atoms with E-state index in [4.69, 9.17) is 4.52 Å². The zero-order valence-electron chi connectivity index (χ0n) is 10.0. The van der Waals surface area contributed by atoms with Gasteiger partial charge in [-0.25, -0.2) is 0 Å². The number of carbonyl (C=O) groups is 1. The summed E-state index contributed by atoms with van der Waals surface area (Å²) in [5, 5.41) is 8.67. The highest BCUT2D eigenvalue weighted by Gasteiger charge is 2.17. The number of hydrogen-bond donors (Lipinski definition) is 1. The van der Waals surface area contributed by atoms with Gasteiger partial charge < -0.3 is 9.84 Å². The van der Waals surface area contributed by atoms with Gasteiger partial charge in [-0.2, -0.15) is 0 Å². The summed E-state index contributed by atoms with van der Waals surface area (Å²) in [7, 11) is 0. The zero-order chi connectivity index (χ0) is 12.4. The molecule has 0 atom stereocenters. The maximum atomic E-state index is 11.9. The fourth-order valence-corrected chi connectivity index (χ4v) is 2.49. The van der Waals surface area contributed by atoms with Crippen molar-refractivity contribution in [3.63, 3.8) is 0 Å². The van der Waals surface area contributed by atoms with E-state index in [1.165, 1.54) is 10.4 Å². The quantitative estimate of drug-likeness (QED) is 0.911. The van der Waals surface area contributed by atoms with Crippen molar-refractivity contribution in [1.29, 1.82) is 0 Å². The predicted octanol–water partition coefficient (Wildman–Crippen LogP) is 2.59. The van der Waals surface area contributed by atoms with Gasteiger partial charge in [0.25, 0.3) is 5.91 Å². The van der Waals surface area contributed by atoms with Crippen LogP contribution < -0.4 is 5.32 Å². The molecule has 0 aromatic carbocycles. The highest BCUT2D eigenvalue weighted by atomic mass is 32.1. The van der Waals surface area contributed by atoms with Crippen LogP contribution >= 0.6 is 11.3 Å². The van der Waals surface area contributed by atoms with Crippen LogP contribution in [-0.4, -0.2) is 11.1 Å². The number of carbonyl (C=O) groups excluding carboxylic acids is 1. The molecule has 0 bridgehead atoms. The first kappa shape index (κ1) is 11.9. The Hall–Kier alpha value is -1.62. The van der Waals surface area contributed by atoms with Crippen LogP contribution in [0.25, 0.3) is 0 Å². The minimum atomic E-state index is -0.131. The van der Waals surface area contributed by atoms with Crippen LogP contribution in [0, 0.1) is 20.8 Å². The second-order valence-corrected chi connectivity index (χ2v) is 4.91. The van der Waals surface area contributed by atoms with Crippen molar-refractivity contribution in [2.75, 3.05) is 0 Å². The highest BCUT2D eigenvalue weighted by molar-refractivity contribution is 7.10. The number of thiophene rings is 1. The largest absolute Gasteiger partial charge is 0.361 e. The number of nitrogens with one attached hydrogen (secondary N) is 1. The molecule has 1 N–H and O–H groups in total. The zero-order valence-corrected chi connectivity index (χ0v) is 10.9. The second kappa shape index (κ2) is 4.71. The van der Waals surface area contributed by atoms with Crippen LogP contribution in [-0.2, 0) is 6.54 Å². The predicted molar refractivity (Wildman–Crippen MR) is 66.2 cm³/mol. The Bertz CT molecular complexity index is 523. The molecule has 0 radical (unpaired) electrons. The van der Waals surface area contributed by atoms with Crippen LogP contribution in [0.1, 0.15) is 32.3 Å². The van der Waals surface area contributed by atoms with Crippen molar-refractivity contribution in [3.05, 3.63) is 38.9 Å². The van der Waals surface area contributed by atoms with Gasteiger partial charge in [-0.15, -0.1) is 11.3 Å². The number of rotatable bonds is 3. The van der Waals surface area contributed by atoms with Crippen molar-refractivity contribution in [2.24, 2.45) is 0 Å². The van der Waals surface area contributed by atoms with Crippen LogP contribution in [0.2, 0.25) is 0 Å². The molecule has 5 heteroatoms. The number of amides is 1. The minimum absolute atomic E-state index is 0.131. The fraction of sp³-hybridized carbons (Fsp3) is 0.333. The molecule has 0 saturated heterocycles. The van der Waals surface area contributed by atoms with Gasteiger partial charge in [0, 0.05) is 4.88 Å². The summed E-state index contributed by atoms with van der Waals surface area (Å²) < 4.78 is 4.97. The minimum Gasteiger partial charge on any atom is -0.361 e. The van der Waals surface area contributed by atoms with Gasteiger partial charge in [0.15, 0.2) is 0 Å². The average molecular weight is 250 g/mol. The van der Waals surface area contributed by atoms with Crippen molar-refractivity contribution in [3.8, 4) is 0 Å². The van der Waals surface area contributed by atoms with Gasteiger partial charge in [0.2, 0.25) is 0 Å². The molecule has 0 aliphatic rings. The lowest BCUT2D eigenvalue weighted by molar-refractivity contribution is 0.0949. The standard InChI is InChI=1S/C12H14N2O2S/c1-7-4-5-17-10(7)6-13-12(15)11-8(2)14-16-9(11)3/h4-5H,6H2,1-3H3,(H,13,15). The molecule has 0 unspecified atom stereocenters.